The number of nitrogen functional groups attached to an aromatic ring is 1. The van der Waals surface area contributed by atoms with Crippen LogP contribution >= 0.6 is 0 Å². The molecule has 0 radical (unpaired) electrons. The Balaban J connectivity index is 0.000000203. The zero-order valence-corrected chi connectivity index (χ0v) is 21.0. The van der Waals surface area contributed by atoms with Gasteiger partial charge in [-0.1, -0.05) is 37.1 Å². The van der Waals surface area contributed by atoms with Crippen molar-refractivity contribution in [3.8, 4) is 22.6 Å². The number of methoxy groups -OCH3 is 2. The van der Waals surface area contributed by atoms with Gasteiger partial charge in [-0.05, 0) is 67.1 Å². The second-order valence-electron chi connectivity index (χ2n) is 8.73. The topological polar surface area (TPSA) is 110 Å². The molecule has 1 saturated carbocycles. The first-order valence-corrected chi connectivity index (χ1v) is 11.8. The molecule has 0 atom stereocenters. The fourth-order valence-corrected chi connectivity index (χ4v) is 4.01. The predicted octanol–water partition coefficient (Wildman–Crippen LogP) is 5.21. The maximum Gasteiger partial charge on any atom is 0.252 e. The molecule has 1 fully saturated rings. The highest BCUT2D eigenvalue weighted by molar-refractivity contribution is 5.98. The molecule has 0 spiro atoms. The number of carbonyl (C=O) groups excluding carboxylic acids is 1. The fraction of sp³-hybridized carbons (Fsp3) is 0.357. The number of aromatic nitrogens is 1. The summed E-state index contributed by atoms with van der Waals surface area (Å²) in [7, 11) is 3.12. The average Bonchev–Trinajstić information content (AvgIpc) is 3.38. The fourth-order valence-electron chi connectivity index (χ4n) is 4.01. The lowest BCUT2D eigenvalue weighted by molar-refractivity contribution is 0.0456. The van der Waals surface area contributed by atoms with Crippen LogP contribution in [0.25, 0.3) is 11.1 Å². The van der Waals surface area contributed by atoms with Crippen LogP contribution in [0.4, 0.5) is 5.82 Å². The van der Waals surface area contributed by atoms with Gasteiger partial charge in [0.1, 0.15) is 5.82 Å². The summed E-state index contributed by atoms with van der Waals surface area (Å²) in [6.45, 7) is 5.09. The third-order valence-corrected chi connectivity index (χ3v) is 6.26. The van der Waals surface area contributed by atoms with Crippen LogP contribution in [0.15, 0.2) is 48.7 Å². The molecular weight excluding hydrogens is 442 g/mol. The minimum absolute atomic E-state index is 0.113. The van der Waals surface area contributed by atoms with E-state index in [1.54, 1.807) is 38.6 Å². The van der Waals surface area contributed by atoms with E-state index in [0.29, 0.717) is 23.2 Å². The van der Waals surface area contributed by atoms with Crippen LogP contribution in [0.3, 0.4) is 0 Å². The molecule has 1 amide bonds. The van der Waals surface area contributed by atoms with Crippen LogP contribution < -0.4 is 20.9 Å². The van der Waals surface area contributed by atoms with Gasteiger partial charge < -0.3 is 25.7 Å². The van der Waals surface area contributed by atoms with E-state index >= 15 is 0 Å². The SMILES string of the molecule is COc1ccc(-c2cnc(N)c(C(N)=O)c2)cc1OC.Cc1ccc(COC2CCCC2)cc1C. The molecule has 1 aromatic heterocycles. The van der Waals surface area contributed by atoms with Crippen LogP contribution in [-0.2, 0) is 11.3 Å². The summed E-state index contributed by atoms with van der Waals surface area (Å²) >= 11 is 0. The molecule has 0 unspecified atom stereocenters. The number of rotatable bonds is 7. The van der Waals surface area contributed by atoms with E-state index in [9.17, 15) is 4.79 Å². The summed E-state index contributed by atoms with van der Waals surface area (Å²) < 4.78 is 16.3. The zero-order chi connectivity index (χ0) is 25.4. The largest absolute Gasteiger partial charge is 0.493 e. The van der Waals surface area contributed by atoms with Gasteiger partial charge >= 0.3 is 0 Å². The van der Waals surface area contributed by atoms with Crippen molar-refractivity contribution >= 4 is 11.7 Å². The van der Waals surface area contributed by atoms with E-state index in [0.717, 1.165) is 12.2 Å². The number of hydrogen-bond donors (Lipinski definition) is 2. The second kappa shape index (κ2) is 12.2. The van der Waals surface area contributed by atoms with Gasteiger partial charge in [0.05, 0.1) is 32.5 Å². The Morgan fingerprint density at radius 3 is 2.29 bits per heavy atom. The molecule has 7 nitrogen and oxygen atoms in total. The van der Waals surface area contributed by atoms with Crippen molar-refractivity contribution in [3.05, 3.63) is 70.9 Å². The Hall–Kier alpha value is -3.58. The Morgan fingerprint density at radius 2 is 1.66 bits per heavy atom. The number of anilines is 1. The number of benzene rings is 2. The highest BCUT2D eigenvalue weighted by atomic mass is 16.5. The molecule has 0 saturated heterocycles. The molecule has 186 valence electrons. The summed E-state index contributed by atoms with van der Waals surface area (Å²) in [6, 6.07) is 13.6. The maximum absolute atomic E-state index is 11.3. The van der Waals surface area contributed by atoms with Crippen molar-refractivity contribution in [2.75, 3.05) is 20.0 Å². The molecule has 35 heavy (non-hydrogen) atoms. The van der Waals surface area contributed by atoms with Crippen molar-refractivity contribution in [1.29, 1.82) is 0 Å². The number of nitrogens with zero attached hydrogens (tertiary/aromatic N) is 1. The lowest BCUT2D eigenvalue weighted by Crippen LogP contribution is -2.14. The number of primary amides is 1. The molecule has 0 bridgehead atoms. The normalized spacial score (nSPS) is 13.1. The monoisotopic (exact) mass is 477 g/mol. The Morgan fingerprint density at radius 1 is 0.943 bits per heavy atom. The van der Waals surface area contributed by atoms with Crippen LogP contribution in [0, 0.1) is 13.8 Å². The lowest BCUT2D eigenvalue weighted by Gasteiger charge is -2.11. The Kier molecular flexibility index (Phi) is 9.09. The molecule has 1 aliphatic carbocycles. The second-order valence-corrected chi connectivity index (χ2v) is 8.73. The van der Waals surface area contributed by atoms with E-state index < -0.39 is 5.91 Å². The quantitative estimate of drug-likeness (QED) is 0.483. The molecule has 4 rings (SSSR count). The highest BCUT2D eigenvalue weighted by Gasteiger charge is 2.15. The van der Waals surface area contributed by atoms with Crippen LogP contribution in [0.1, 0.15) is 52.7 Å². The number of carbonyl (C=O) groups is 1. The first-order valence-electron chi connectivity index (χ1n) is 11.8. The molecule has 0 aliphatic heterocycles. The number of pyridine rings is 1. The van der Waals surface area contributed by atoms with Crippen molar-refractivity contribution in [2.45, 2.75) is 52.2 Å². The van der Waals surface area contributed by atoms with Crippen LogP contribution in [0.5, 0.6) is 11.5 Å². The van der Waals surface area contributed by atoms with Gasteiger partial charge in [0.2, 0.25) is 0 Å². The van der Waals surface area contributed by atoms with Gasteiger partial charge in [-0.15, -0.1) is 0 Å². The number of amides is 1. The molecule has 4 N–H and O–H groups in total. The van der Waals surface area contributed by atoms with Crippen LogP contribution in [-0.4, -0.2) is 31.2 Å². The first kappa shape index (κ1) is 26.0. The van der Waals surface area contributed by atoms with Crippen molar-refractivity contribution in [1.82, 2.24) is 4.98 Å². The Labute approximate surface area is 207 Å². The van der Waals surface area contributed by atoms with Gasteiger partial charge in [0.25, 0.3) is 5.91 Å². The van der Waals surface area contributed by atoms with Crippen molar-refractivity contribution in [3.63, 3.8) is 0 Å². The average molecular weight is 478 g/mol. The summed E-state index contributed by atoms with van der Waals surface area (Å²) in [4.78, 5) is 15.3. The molecule has 2 aromatic carbocycles. The summed E-state index contributed by atoms with van der Waals surface area (Å²) in [5.74, 6) is 0.705. The predicted molar refractivity (Wildman–Crippen MR) is 139 cm³/mol. The van der Waals surface area contributed by atoms with Gasteiger partial charge in [-0.25, -0.2) is 4.98 Å². The lowest BCUT2D eigenvalue weighted by atomic mass is 10.0. The standard InChI is InChI=1S/C14H15N3O3.C14H20O/c1-19-11-4-3-8(6-12(11)20-2)9-5-10(14(16)18)13(15)17-7-9;1-11-7-8-13(9-12(11)2)10-15-14-5-3-4-6-14/h3-7H,1-2H3,(H2,15,17)(H2,16,18);7-9,14H,3-6,10H2,1-2H3. The van der Waals surface area contributed by atoms with E-state index in [1.807, 2.05) is 6.07 Å². The minimum atomic E-state index is -0.614. The van der Waals surface area contributed by atoms with E-state index in [2.05, 4.69) is 37.0 Å². The minimum Gasteiger partial charge on any atom is -0.493 e. The molecule has 1 heterocycles. The molecule has 7 heteroatoms. The molecule has 1 aliphatic rings. The molecular formula is C28H35N3O4. The van der Waals surface area contributed by atoms with Gasteiger partial charge in [0.15, 0.2) is 11.5 Å². The molecule has 3 aromatic rings. The summed E-state index contributed by atoms with van der Waals surface area (Å²) in [5.41, 5.74) is 16.6. The van der Waals surface area contributed by atoms with E-state index in [4.69, 9.17) is 25.7 Å². The van der Waals surface area contributed by atoms with E-state index in [1.165, 1.54) is 42.4 Å². The third-order valence-electron chi connectivity index (χ3n) is 6.26. The summed E-state index contributed by atoms with van der Waals surface area (Å²) in [6.07, 6.45) is 7.29. The third kappa shape index (κ3) is 6.96. The van der Waals surface area contributed by atoms with E-state index in [-0.39, 0.29) is 11.4 Å². The van der Waals surface area contributed by atoms with Gasteiger partial charge in [-0.2, -0.15) is 0 Å². The maximum atomic E-state index is 11.3. The Bertz CT molecular complexity index is 1160. The number of nitrogens with two attached hydrogens (primary N) is 2. The first-order chi connectivity index (χ1) is 16.8. The van der Waals surface area contributed by atoms with Crippen molar-refractivity contribution < 1.29 is 19.0 Å². The number of hydrogen-bond acceptors (Lipinski definition) is 6. The zero-order valence-electron chi connectivity index (χ0n) is 21.0. The smallest absolute Gasteiger partial charge is 0.252 e. The van der Waals surface area contributed by atoms with Crippen LogP contribution in [0.2, 0.25) is 0 Å². The van der Waals surface area contributed by atoms with Crippen molar-refractivity contribution in [2.24, 2.45) is 5.73 Å². The highest BCUT2D eigenvalue weighted by Crippen LogP contribution is 2.32. The number of aryl methyl sites for hydroxylation is 2. The van der Waals surface area contributed by atoms with Gasteiger partial charge in [-0.3, -0.25) is 4.79 Å². The summed E-state index contributed by atoms with van der Waals surface area (Å²) in [5, 5.41) is 0. The number of ether oxygens (including phenoxy) is 3. The van der Waals surface area contributed by atoms with Gasteiger partial charge in [0, 0.05) is 11.8 Å².